The maximum Gasteiger partial charge on any atom is 0.338 e. The number of benzene rings is 1. The van der Waals surface area contributed by atoms with Gasteiger partial charge in [-0.1, -0.05) is 12.5 Å². The fraction of sp³-hybridized carbons (Fsp3) is 0.591. The van der Waals surface area contributed by atoms with Gasteiger partial charge in [0.25, 0.3) is 5.91 Å². The molecule has 2 saturated heterocycles. The highest BCUT2D eigenvalue weighted by Gasteiger charge is 2.29. The Balaban J connectivity index is 1.54. The largest absolute Gasteiger partial charge is 0.466 e. The third kappa shape index (κ3) is 5.86. The van der Waals surface area contributed by atoms with E-state index in [0.717, 1.165) is 19.3 Å². The summed E-state index contributed by atoms with van der Waals surface area (Å²) in [6.07, 6.45) is 3.66. The van der Waals surface area contributed by atoms with Gasteiger partial charge < -0.3 is 14.4 Å². The minimum atomic E-state index is -3.67. The molecule has 1 aromatic carbocycles. The highest BCUT2D eigenvalue weighted by Crippen LogP contribution is 2.22. The number of ether oxygens (including phenoxy) is 2. The van der Waals surface area contributed by atoms with E-state index in [-0.39, 0.29) is 28.3 Å². The summed E-state index contributed by atoms with van der Waals surface area (Å²) in [6.45, 7) is 3.37. The summed E-state index contributed by atoms with van der Waals surface area (Å²) in [7, 11) is -3.67. The topological polar surface area (TPSA) is 110 Å². The Morgan fingerprint density at radius 3 is 2.34 bits per heavy atom. The van der Waals surface area contributed by atoms with Crippen molar-refractivity contribution < 1.29 is 32.3 Å². The van der Waals surface area contributed by atoms with Crippen molar-refractivity contribution in [2.24, 2.45) is 5.92 Å². The predicted octanol–water partition coefficient (Wildman–Crippen LogP) is 1.82. The Kier molecular flexibility index (Phi) is 8.25. The number of carbonyl (C=O) groups excluding carboxylic acids is 3. The monoisotopic (exact) mass is 466 g/mol. The maximum absolute atomic E-state index is 12.8. The van der Waals surface area contributed by atoms with E-state index in [9.17, 15) is 22.8 Å². The molecule has 0 aliphatic carbocycles. The lowest BCUT2D eigenvalue weighted by molar-refractivity contribution is -0.151. The van der Waals surface area contributed by atoms with Gasteiger partial charge in [-0.15, -0.1) is 0 Å². The van der Waals surface area contributed by atoms with Gasteiger partial charge in [0.1, 0.15) is 0 Å². The van der Waals surface area contributed by atoms with Crippen molar-refractivity contribution in [3.63, 3.8) is 0 Å². The van der Waals surface area contributed by atoms with Crippen LogP contribution in [-0.4, -0.2) is 74.9 Å². The lowest BCUT2D eigenvalue weighted by Crippen LogP contribution is -2.42. The molecule has 10 heteroatoms. The van der Waals surface area contributed by atoms with Gasteiger partial charge in [-0.25, -0.2) is 13.2 Å². The normalized spacial score (nSPS) is 18.2. The zero-order valence-electron chi connectivity index (χ0n) is 18.3. The molecule has 0 atom stereocenters. The van der Waals surface area contributed by atoms with Crippen molar-refractivity contribution in [1.82, 2.24) is 9.21 Å². The first-order chi connectivity index (χ1) is 15.3. The Bertz CT molecular complexity index is 933. The van der Waals surface area contributed by atoms with Crippen LogP contribution in [0.2, 0.25) is 0 Å². The number of piperidine rings is 2. The quantitative estimate of drug-likeness (QED) is 0.564. The van der Waals surface area contributed by atoms with Crippen LogP contribution in [0.1, 0.15) is 49.4 Å². The molecule has 2 aliphatic rings. The molecule has 2 fully saturated rings. The van der Waals surface area contributed by atoms with Crippen molar-refractivity contribution in [3.05, 3.63) is 29.8 Å². The lowest BCUT2D eigenvalue weighted by Gasteiger charge is -2.30. The molecule has 32 heavy (non-hydrogen) atoms. The van der Waals surface area contributed by atoms with Gasteiger partial charge in [-0.2, -0.15) is 4.31 Å². The number of hydrogen-bond acceptors (Lipinski definition) is 7. The Hall–Kier alpha value is -2.46. The molecule has 0 spiro atoms. The van der Waals surface area contributed by atoms with E-state index in [4.69, 9.17) is 9.47 Å². The van der Waals surface area contributed by atoms with E-state index >= 15 is 0 Å². The first kappa shape index (κ1) is 24.2. The SMILES string of the molecule is CCOC(=O)C1CCN(C(=O)COC(=O)c2cccc(S(=O)(=O)N3CCCCC3)c2)CC1. The third-order valence-electron chi connectivity index (χ3n) is 5.82. The van der Waals surface area contributed by atoms with E-state index in [0.29, 0.717) is 45.6 Å². The highest BCUT2D eigenvalue weighted by atomic mass is 32.2. The molecule has 0 unspecified atom stereocenters. The second-order valence-corrected chi connectivity index (χ2v) is 9.91. The lowest BCUT2D eigenvalue weighted by atomic mass is 9.97. The van der Waals surface area contributed by atoms with Crippen molar-refractivity contribution in [2.75, 3.05) is 39.4 Å². The van der Waals surface area contributed by atoms with Crippen LogP contribution < -0.4 is 0 Å². The summed E-state index contributed by atoms with van der Waals surface area (Å²) in [5, 5.41) is 0. The molecule has 3 rings (SSSR count). The molecule has 0 bridgehead atoms. The van der Waals surface area contributed by atoms with Crippen molar-refractivity contribution in [3.8, 4) is 0 Å². The van der Waals surface area contributed by atoms with Crippen LogP contribution in [0.5, 0.6) is 0 Å². The van der Waals surface area contributed by atoms with E-state index < -0.39 is 22.6 Å². The molecule has 0 saturated carbocycles. The van der Waals surface area contributed by atoms with Gasteiger partial charge in [-0.3, -0.25) is 9.59 Å². The molecular formula is C22H30N2O7S. The molecule has 2 heterocycles. The van der Waals surface area contributed by atoms with Gasteiger partial charge in [0.05, 0.1) is 23.0 Å². The van der Waals surface area contributed by atoms with Crippen molar-refractivity contribution in [2.45, 2.75) is 43.9 Å². The molecule has 0 aromatic heterocycles. The molecule has 0 N–H and O–H groups in total. The average molecular weight is 467 g/mol. The van der Waals surface area contributed by atoms with Gasteiger partial charge in [-0.05, 0) is 50.8 Å². The second kappa shape index (κ2) is 10.9. The highest BCUT2D eigenvalue weighted by molar-refractivity contribution is 7.89. The summed E-state index contributed by atoms with van der Waals surface area (Å²) in [4.78, 5) is 38.2. The first-order valence-corrected chi connectivity index (χ1v) is 12.5. The molecule has 0 radical (unpaired) electrons. The van der Waals surface area contributed by atoms with Crippen LogP contribution in [0.3, 0.4) is 0 Å². The average Bonchev–Trinajstić information content (AvgIpc) is 2.83. The zero-order valence-corrected chi connectivity index (χ0v) is 19.1. The number of sulfonamides is 1. The van der Waals surface area contributed by atoms with Crippen LogP contribution >= 0.6 is 0 Å². The summed E-state index contributed by atoms with van der Waals surface area (Å²) < 4.78 is 37.3. The molecule has 176 valence electrons. The zero-order chi connectivity index (χ0) is 23.1. The van der Waals surface area contributed by atoms with Crippen LogP contribution in [0.15, 0.2) is 29.2 Å². The smallest absolute Gasteiger partial charge is 0.338 e. The number of esters is 2. The van der Waals surface area contributed by atoms with Crippen molar-refractivity contribution >= 4 is 27.9 Å². The first-order valence-electron chi connectivity index (χ1n) is 11.0. The standard InChI is InChI=1S/C22H30N2O7S/c1-2-30-21(26)17-9-13-23(14-10-17)20(25)16-31-22(27)18-7-6-8-19(15-18)32(28,29)24-11-4-3-5-12-24/h6-8,15,17H,2-5,9-14,16H2,1H3. The maximum atomic E-state index is 12.8. The molecule has 9 nitrogen and oxygen atoms in total. The van der Waals surface area contributed by atoms with E-state index in [1.54, 1.807) is 11.8 Å². The van der Waals surface area contributed by atoms with E-state index in [1.807, 2.05) is 0 Å². The second-order valence-electron chi connectivity index (χ2n) is 7.98. The van der Waals surface area contributed by atoms with Crippen molar-refractivity contribution in [1.29, 1.82) is 0 Å². The summed E-state index contributed by atoms with van der Waals surface area (Å²) in [5.41, 5.74) is 0.0805. The molecule has 1 aromatic rings. The van der Waals surface area contributed by atoms with E-state index in [1.165, 1.54) is 28.6 Å². The van der Waals surface area contributed by atoms with E-state index in [2.05, 4.69) is 0 Å². The number of carbonyl (C=O) groups is 3. The number of rotatable bonds is 7. The third-order valence-corrected chi connectivity index (χ3v) is 7.71. The number of nitrogens with zero attached hydrogens (tertiary/aromatic N) is 2. The minimum Gasteiger partial charge on any atom is -0.466 e. The molecular weight excluding hydrogens is 436 g/mol. The van der Waals surface area contributed by atoms with Gasteiger partial charge in [0, 0.05) is 26.2 Å². The van der Waals surface area contributed by atoms with Gasteiger partial charge in [0.2, 0.25) is 10.0 Å². The predicted molar refractivity (Wildman–Crippen MR) is 115 cm³/mol. The molecule has 1 amide bonds. The Morgan fingerprint density at radius 1 is 1.00 bits per heavy atom. The van der Waals surface area contributed by atoms with Crippen LogP contribution in [0.4, 0.5) is 0 Å². The Labute approximate surface area is 188 Å². The Morgan fingerprint density at radius 2 is 1.69 bits per heavy atom. The minimum absolute atomic E-state index is 0.0428. The number of hydrogen-bond donors (Lipinski definition) is 0. The summed E-state index contributed by atoms with van der Waals surface area (Å²) in [6, 6.07) is 5.71. The number of likely N-dealkylation sites (tertiary alicyclic amines) is 1. The fourth-order valence-corrected chi connectivity index (χ4v) is 5.53. The fourth-order valence-electron chi connectivity index (χ4n) is 3.96. The summed E-state index contributed by atoms with van der Waals surface area (Å²) in [5.74, 6) is -1.57. The van der Waals surface area contributed by atoms with Crippen LogP contribution in [0, 0.1) is 5.92 Å². The number of amides is 1. The van der Waals surface area contributed by atoms with Crippen LogP contribution in [0.25, 0.3) is 0 Å². The molecule has 2 aliphatic heterocycles. The summed E-state index contributed by atoms with van der Waals surface area (Å²) >= 11 is 0. The van der Waals surface area contributed by atoms with Gasteiger partial charge in [0.15, 0.2) is 6.61 Å². The van der Waals surface area contributed by atoms with Gasteiger partial charge >= 0.3 is 11.9 Å². The van der Waals surface area contributed by atoms with Crippen LogP contribution in [-0.2, 0) is 29.1 Å².